The maximum atomic E-state index is 12.2. The number of anilines is 1. The minimum atomic E-state index is -0.382. The molecule has 0 bridgehead atoms. The lowest BCUT2D eigenvalue weighted by molar-refractivity contribution is -0.114. The summed E-state index contributed by atoms with van der Waals surface area (Å²) in [6.45, 7) is 3.80. The first kappa shape index (κ1) is 19.0. The summed E-state index contributed by atoms with van der Waals surface area (Å²) in [7, 11) is 1.57. The van der Waals surface area contributed by atoms with Crippen molar-refractivity contribution in [1.29, 1.82) is 0 Å². The smallest absolute Gasteiger partial charge is 0.271 e. The van der Waals surface area contributed by atoms with Crippen LogP contribution in [0.5, 0.6) is 11.5 Å². The van der Waals surface area contributed by atoms with E-state index in [-0.39, 0.29) is 11.8 Å². The molecule has 0 aliphatic carbocycles. The van der Waals surface area contributed by atoms with Crippen LogP contribution >= 0.6 is 0 Å². The number of hydrogen-bond acceptors (Lipinski definition) is 5. The Morgan fingerprint density at radius 1 is 1.15 bits per heavy atom. The highest BCUT2D eigenvalue weighted by molar-refractivity contribution is 5.97. The fraction of sp³-hybridized carbons (Fsp3) is 0.211. The molecule has 0 spiro atoms. The molecule has 0 heterocycles. The third-order valence-corrected chi connectivity index (χ3v) is 3.31. The molecule has 2 rings (SSSR count). The summed E-state index contributed by atoms with van der Waals surface area (Å²) in [5, 5.41) is 6.58. The molecule has 0 saturated carbocycles. The highest BCUT2D eigenvalue weighted by Crippen LogP contribution is 2.27. The first-order chi connectivity index (χ1) is 12.5. The molecule has 136 valence electrons. The molecule has 7 nitrogen and oxygen atoms in total. The number of amides is 2. The molecule has 0 aliphatic rings. The fourth-order valence-electron chi connectivity index (χ4n) is 2.21. The molecule has 0 fully saturated rings. The van der Waals surface area contributed by atoms with E-state index in [9.17, 15) is 9.59 Å². The van der Waals surface area contributed by atoms with Crippen molar-refractivity contribution in [2.75, 3.05) is 19.0 Å². The molecular formula is C19H21N3O4. The van der Waals surface area contributed by atoms with Gasteiger partial charge in [-0.1, -0.05) is 6.07 Å². The average Bonchev–Trinajstić information content (AvgIpc) is 2.62. The molecular weight excluding hydrogens is 334 g/mol. The fourth-order valence-corrected chi connectivity index (χ4v) is 2.21. The molecule has 0 saturated heterocycles. The predicted molar refractivity (Wildman–Crippen MR) is 100.0 cm³/mol. The second-order valence-electron chi connectivity index (χ2n) is 5.30. The van der Waals surface area contributed by atoms with E-state index < -0.39 is 0 Å². The summed E-state index contributed by atoms with van der Waals surface area (Å²) >= 11 is 0. The molecule has 7 heteroatoms. The standard InChI is InChI=1S/C19H21N3O4/c1-4-26-18-10-14(8-9-17(18)25-3)12-20-22-19(24)15-6-5-7-16(11-15)21-13(2)23/h5-12H,4H2,1-3H3,(H,21,23)(H,22,24)/b20-12-. The molecule has 2 amide bonds. The van der Waals surface area contributed by atoms with Gasteiger partial charge >= 0.3 is 0 Å². The Hall–Kier alpha value is -3.35. The number of rotatable bonds is 7. The van der Waals surface area contributed by atoms with Crippen molar-refractivity contribution in [3.8, 4) is 11.5 Å². The van der Waals surface area contributed by atoms with E-state index in [4.69, 9.17) is 9.47 Å². The molecule has 26 heavy (non-hydrogen) atoms. The summed E-state index contributed by atoms with van der Waals surface area (Å²) in [5.74, 6) is 0.647. The normalized spacial score (nSPS) is 10.4. The quantitative estimate of drug-likeness (QED) is 0.590. The van der Waals surface area contributed by atoms with Gasteiger partial charge in [0.1, 0.15) is 0 Å². The molecule has 2 N–H and O–H groups in total. The minimum Gasteiger partial charge on any atom is -0.493 e. The molecule has 2 aromatic rings. The number of carbonyl (C=O) groups excluding carboxylic acids is 2. The highest BCUT2D eigenvalue weighted by atomic mass is 16.5. The molecule has 2 aromatic carbocycles. The van der Waals surface area contributed by atoms with Crippen LogP contribution in [0.15, 0.2) is 47.6 Å². The first-order valence-electron chi connectivity index (χ1n) is 8.05. The Morgan fingerprint density at radius 3 is 2.65 bits per heavy atom. The van der Waals surface area contributed by atoms with Crippen LogP contribution in [0.2, 0.25) is 0 Å². The van der Waals surface area contributed by atoms with Crippen molar-refractivity contribution in [3.05, 3.63) is 53.6 Å². The van der Waals surface area contributed by atoms with E-state index in [1.165, 1.54) is 13.1 Å². The lowest BCUT2D eigenvalue weighted by Crippen LogP contribution is -2.18. The van der Waals surface area contributed by atoms with Crippen molar-refractivity contribution < 1.29 is 19.1 Å². The number of ether oxygens (including phenoxy) is 2. The van der Waals surface area contributed by atoms with Gasteiger partial charge in [-0.3, -0.25) is 9.59 Å². The van der Waals surface area contributed by atoms with Gasteiger partial charge in [0.25, 0.3) is 5.91 Å². The van der Waals surface area contributed by atoms with Gasteiger partial charge in [-0.05, 0) is 48.9 Å². The van der Waals surface area contributed by atoms with Crippen molar-refractivity contribution in [1.82, 2.24) is 5.43 Å². The van der Waals surface area contributed by atoms with E-state index in [1.807, 2.05) is 6.92 Å². The second-order valence-corrected chi connectivity index (χ2v) is 5.30. The van der Waals surface area contributed by atoms with E-state index in [0.717, 1.165) is 5.56 Å². The maximum Gasteiger partial charge on any atom is 0.271 e. The topological polar surface area (TPSA) is 89.0 Å². The van der Waals surface area contributed by atoms with Crippen LogP contribution in [-0.4, -0.2) is 31.7 Å². The lowest BCUT2D eigenvalue weighted by atomic mass is 10.2. The number of hydrogen-bond donors (Lipinski definition) is 2. The number of carbonyl (C=O) groups is 2. The van der Waals surface area contributed by atoms with Gasteiger partial charge in [0.2, 0.25) is 5.91 Å². The van der Waals surface area contributed by atoms with Crippen molar-refractivity contribution in [2.24, 2.45) is 5.10 Å². The minimum absolute atomic E-state index is 0.204. The Bertz CT molecular complexity index is 818. The predicted octanol–water partition coefficient (Wildman–Crippen LogP) is 2.82. The Kier molecular flexibility index (Phi) is 6.73. The third kappa shape index (κ3) is 5.34. The maximum absolute atomic E-state index is 12.2. The van der Waals surface area contributed by atoms with Crippen LogP contribution in [0.1, 0.15) is 29.8 Å². The Morgan fingerprint density at radius 2 is 1.96 bits per heavy atom. The van der Waals surface area contributed by atoms with Crippen LogP contribution in [-0.2, 0) is 4.79 Å². The number of methoxy groups -OCH3 is 1. The molecule has 0 aromatic heterocycles. The third-order valence-electron chi connectivity index (χ3n) is 3.31. The zero-order valence-corrected chi connectivity index (χ0v) is 14.9. The number of hydrazone groups is 1. The lowest BCUT2D eigenvalue weighted by Gasteiger charge is -2.09. The van der Waals surface area contributed by atoms with Crippen molar-refractivity contribution >= 4 is 23.7 Å². The largest absolute Gasteiger partial charge is 0.493 e. The Labute approximate surface area is 152 Å². The summed E-state index contributed by atoms with van der Waals surface area (Å²) in [6, 6.07) is 11.9. The van der Waals surface area contributed by atoms with Crippen LogP contribution in [0.4, 0.5) is 5.69 Å². The zero-order valence-electron chi connectivity index (χ0n) is 14.9. The van der Waals surface area contributed by atoms with Gasteiger partial charge in [-0.2, -0.15) is 5.10 Å². The van der Waals surface area contributed by atoms with E-state index in [1.54, 1.807) is 49.6 Å². The number of nitrogens with zero attached hydrogens (tertiary/aromatic N) is 1. The molecule has 0 atom stereocenters. The highest BCUT2D eigenvalue weighted by Gasteiger charge is 2.07. The van der Waals surface area contributed by atoms with Crippen LogP contribution in [0.25, 0.3) is 0 Å². The van der Waals surface area contributed by atoms with Gasteiger partial charge in [0.05, 0.1) is 19.9 Å². The van der Waals surface area contributed by atoms with Crippen LogP contribution < -0.4 is 20.2 Å². The SMILES string of the molecule is CCOc1cc(/C=N\NC(=O)c2cccc(NC(C)=O)c2)ccc1OC. The van der Waals surface area contributed by atoms with Crippen molar-refractivity contribution in [3.63, 3.8) is 0 Å². The van der Waals surface area contributed by atoms with Gasteiger partial charge in [0, 0.05) is 18.2 Å². The second kappa shape index (κ2) is 9.22. The molecule has 0 unspecified atom stereocenters. The molecule has 0 aliphatic heterocycles. The van der Waals surface area contributed by atoms with Crippen molar-refractivity contribution in [2.45, 2.75) is 13.8 Å². The van der Waals surface area contributed by atoms with Gasteiger partial charge in [-0.15, -0.1) is 0 Å². The van der Waals surface area contributed by atoms with E-state index in [0.29, 0.717) is 29.4 Å². The van der Waals surface area contributed by atoms with Crippen LogP contribution in [0, 0.1) is 0 Å². The summed E-state index contributed by atoms with van der Waals surface area (Å²) < 4.78 is 10.7. The number of benzene rings is 2. The Balaban J connectivity index is 2.05. The van der Waals surface area contributed by atoms with Gasteiger partial charge in [0.15, 0.2) is 11.5 Å². The van der Waals surface area contributed by atoms with Crippen LogP contribution in [0.3, 0.4) is 0 Å². The zero-order chi connectivity index (χ0) is 18.9. The first-order valence-corrected chi connectivity index (χ1v) is 8.05. The van der Waals surface area contributed by atoms with E-state index >= 15 is 0 Å². The summed E-state index contributed by atoms with van der Waals surface area (Å²) in [5.41, 5.74) is 4.14. The van der Waals surface area contributed by atoms with E-state index in [2.05, 4.69) is 15.8 Å². The number of nitrogens with one attached hydrogen (secondary N) is 2. The molecule has 0 radical (unpaired) electrons. The summed E-state index contributed by atoms with van der Waals surface area (Å²) in [6.07, 6.45) is 1.51. The average molecular weight is 355 g/mol. The van der Waals surface area contributed by atoms with Gasteiger partial charge in [-0.25, -0.2) is 5.43 Å². The van der Waals surface area contributed by atoms with Gasteiger partial charge < -0.3 is 14.8 Å². The summed E-state index contributed by atoms with van der Waals surface area (Å²) in [4.78, 5) is 23.2. The monoisotopic (exact) mass is 355 g/mol.